The van der Waals surface area contributed by atoms with Crippen molar-refractivity contribution < 1.29 is 14.4 Å². The van der Waals surface area contributed by atoms with Crippen LogP contribution in [0.5, 0.6) is 5.75 Å². The number of ether oxygens (including phenoxy) is 2. The molecule has 2 heterocycles. The molecule has 2 aliphatic rings. The van der Waals surface area contributed by atoms with Gasteiger partial charge in [-0.05, 0) is 24.4 Å². The van der Waals surface area contributed by atoms with Gasteiger partial charge in [0, 0.05) is 26.2 Å². The standard InChI is InChI=1S/C18H28N4O2S/c1-23-17-5-3-2-4-16(17)21-8-10-22(11-9-21)18(25)19-6-7-20-12-14-24-15-13-20/h2-5H,6-15H2,1H3,(H,19,25)/p+1. The van der Waals surface area contributed by atoms with Gasteiger partial charge in [0.05, 0.1) is 39.1 Å². The number of hydrogen-bond acceptors (Lipinski definition) is 4. The van der Waals surface area contributed by atoms with Crippen LogP contribution in [0, 0.1) is 0 Å². The van der Waals surface area contributed by atoms with E-state index in [1.165, 1.54) is 5.69 Å². The normalized spacial score (nSPS) is 18.9. The van der Waals surface area contributed by atoms with E-state index in [-0.39, 0.29) is 0 Å². The minimum Gasteiger partial charge on any atom is -0.495 e. The molecule has 2 N–H and O–H groups in total. The average molecular weight is 366 g/mol. The summed E-state index contributed by atoms with van der Waals surface area (Å²) in [7, 11) is 1.73. The van der Waals surface area contributed by atoms with Crippen molar-refractivity contribution in [3.05, 3.63) is 24.3 Å². The summed E-state index contributed by atoms with van der Waals surface area (Å²) in [4.78, 5) is 6.24. The number of nitrogens with one attached hydrogen (secondary N) is 2. The molecule has 0 aromatic heterocycles. The average Bonchev–Trinajstić information content (AvgIpc) is 2.69. The van der Waals surface area contributed by atoms with E-state index >= 15 is 0 Å². The third-order valence-electron chi connectivity index (χ3n) is 4.95. The third-order valence-corrected chi connectivity index (χ3v) is 5.35. The maximum Gasteiger partial charge on any atom is 0.169 e. The molecule has 1 aromatic carbocycles. The fourth-order valence-electron chi connectivity index (χ4n) is 3.41. The molecule has 7 heteroatoms. The van der Waals surface area contributed by atoms with Gasteiger partial charge in [0.2, 0.25) is 0 Å². The summed E-state index contributed by atoms with van der Waals surface area (Å²) in [6, 6.07) is 8.20. The number of para-hydroxylation sites is 2. The van der Waals surface area contributed by atoms with E-state index in [9.17, 15) is 0 Å². The van der Waals surface area contributed by atoms with E-state index in [0.717, 1.165) is 76.4 Å². The summed E-state index contributed by atoms with van der Waals surface area (Å²) in [6.07, 6.45) is 0. The molecule has 6 nitrogen and oxygen atoms in total. The quantitative estimate of drug-likeness (QED) is 0.693. The highest BCUT2D eigenvalue weighted by Crippen LogP contribution is 2.28. The van der Waals surface area contributed by atoms with Gasteiger partial charge in [0.15, 0.2) is 5.11 Å². The largest absolute Gasteiger partial charge is 0.495 e. The molecule has 0 aliphatic carbocycles. The van der Waals surface area contributed by atoms with Crippen LogP contribution in [0.25, 0.3) is 0 Å². The minimum absolute atomic E-state index is 0.880. The molecule has 2 fully saturated rings. The predicted molar refractivity (Wildman–Crippen MR) is 104 cm³/mol. The number of hydrogen-bond donors (Lipinski definition) is 2. The van der Waals surface area contributed by atoms with E-state index < -0.39 is 0 Å². The lowest BCUT2D eigenvalue weighted by Crippen LogP contribution is -3.14. The maximum absolute atomic E-state index is 5.58. The van der Waals surface area contributed by atoms with E-state index in [4.69, 9.17) is 21.7 Å². The highest BCUT2D eigenvalue weighted by Gasteiger charge is 2.21. The number of thiocarbonyl (C=S) groups is 1. The molecule has 2 aliphatic heterocycles. The number of methoxy groups -OCH3 is 1. The molecule has 2 saturated heterocycles. The van der Waals surface area contributed by atoms with Gasteiger partial charge in [-0.15, -0.1) is 0 Å². The Bertz CT molecular complexity index is 558. The van der Waals surface area contributed by atoms with E-state index in [1.807, 2.05) is 12.1 Å². The van der Waals surface area contributed by atoms with E-state index in [1.54, 1.807) is 12.0 Å². The molecule has 0 radical (unpaired) electrons. The summed E-state index contributed by atoms with van der Waals surface area (Å²) >= 11 is 5.58. The second-order valence-electron chi connectivity index (χ2n) is 6.49. The van der Waals surface area contributed by atoms with Crippen LogP contribution in [-0.2, 0) is 4.74 Å². The van der Waals surface area contributed by atoms with Crippen molar-refractivity contribution in [2.24, 2.45) is 0 Å². The zero-order chi connectivity index (χ0) is 17.5. The third kappa shape index (κ3) is 4.96. The number of anilines is 1. The summed E-state index contributed by atoms with van der Waals surface area (Å²) in [5, 5.41) is 4.31. The smallest absolute Gasteiger partial charge is 0.169 e. The number of nitrogens with zero attached hydrogens (tertiary/aromatic N) is 2. The van der Waals surface area contributed by atoms with Crippen molar-refractivity contribution in [2.45, 2.75) is 0 Å². The summed E-state index contributed by atoms with van der Waals surface area (Å²) < 4.78 is 10.9. The Morgan fingerprint density at radius 1 is 1.20 bits per heavy atom. The highest BCUT2D eigenvalue weighted by atomic mass is 32.1. The molecule has 0 bridgehead atoms. The zero-order valence-corrected chi connectivity index (χ0v) is 15.8. The first-order valence-corrected chi connectivity index (χ1v) is 9.51. The first kappa shape index (κ1) is 18.2. The second-order valence-corrected chi connectivity index (χ2v) is 6.88. The Balaban J connectivity index is 1.41. The van der Waals surface area contributed by atoms with Gasteiger partial charge in [-0.1, -0.05) is 12.1 Å². The first-order valence-electron chi connectivity index (χ1n) is 9.10. The fraction of sp³-hybridized carbons (Fsp3) is 0.611. The lowest BCUT2D eigenvalue weighted by Gasteiger charge is -2.38. The summed E-state index contributed by atoms with van der Waals surface area (Å²) in [6.45, 7) is 9.79. The molecule has 0 spiro atoms. The number of morpholine rings is 1. The van der Waals surface area contributed by atoms with E-state index in [2.05, 4.69) is 27.2 Å². The highest BCUT2D eigenvalue weighted by molar-refractivity contribution is 7.80. The van der Waals surface area contributed by atoms with Crippen LogP contribution in [0.15, 0.2) is 24.3 Å². The Labute approximate surface area is 155 Å². The van der Waals surface area contributed by atoms with Crippen LogP contribution < -0.4 is 19.9 Å². The Morgan fingerprint density at radius 2 is 1.92 bits per heavy atom. The van der Waals surface area contributed by atoms with Crippen LogP contribution in [-0.4, -0.2) is 82.7 Å². The van der Waals surface area contributed by atoms with Gasteiger partial charge in [-0.3, -0.25) is 0 Å². The van der Waals surface area contributed by atoms with E-state index in [0.29, 0.717) is 0 Å². The fourth-order valence-corrected chi connectivity index (χ4v) is 3.69. The van der Waals surface area contributed by atoms with Gasteiger partial charge >= 0.3 is 0 Å². The predicted octanol–water partition coefficient (Wildman–Crippen LogP) is -0.393. The molecule has 0 amide bonds. The van der Waals surface area contributed by atoms with Crippen molar-refractivity contribution in [1.82, 2.24) is 10.2 Å². The van der Waals surface area contributed by atoms with Gasteiger partial charge in [0.25, 0.3) is 0 Å². The Morgan fingerprint density at radius 3 is 2.64 bits per heavy atom. The first-order chi connectivity index (χ1) is 12.3. The van der Waals surface area contributed by atoms with Crippen LogP contribution >= 0.6 is 12.2 Å². The molecule has 1 aromatic rings. The minimum atomic E-state index is 0.880. The number of rotatable bonds is 5. The number of piperazine rings is 1. The molecule has 3 rings (SSSR count). The lowest BCUT2D eigenvalue weighted by molar-refractivity contribution is -0.906. The van der Waals surface area contributed by atoms with Crippen molar-refractivity contribution in [2.75, 3.05) is 77.6 Å². The lowest BCUT2D eigenvalue weighted by atomic mass is 10.2. The Kier molecular flexibility index (Phi) is 6.72. The van der Waals surface area contributed by atoms with Gasteiger partial charge in [-0.25, -0.2) is 0 Å². The van der Waals surface area contributed by atoms with Crippen molar-refractivity contribution in [3.63, 3.8) is 0 Å². The van der Waals surface area contributed by atoms with Crippen molar-refractivity contribution in [1.29, 1.82) is 0 Å². The number of quaternary nitrogens is 1. The molecule has 138 valence electrons. The van der Waals surface area contributed by atoms with Crippen LogP contribution in [0.3, 0.4) is 0 Å². The summed E-state index contributed by atoms with van der Waals surface area (Å²) in [5.41, 5.74) is 1.17. The van der Waals surface area contributed by atoms with Crippen LogP contribution in [0.4, 0.5) is 5.69 Å². The Hall–Kier alpha value is -1.57. The van der Waals surface area contributed by atoms with Gasteiger partial charge in [-0.2, -0.15) is 0 Å². The molecule has 0 saturated carbocycles. The molecular formula is C18H29N4O2S+. The molecular weight excluding hydrogens is 336 g/mol. The number of benzene rings is 1. The molecule has 0 atom stereocenters. The van der Waals surface area contributed by atoms with Crippen LogP contribution in [0.2, 0.25) is 0 Å². The monoisotopic (exact) mass is 365 g/mol. The summed E-state index contributed by atoms with van der Waals surface area (Å²) in [5.74, 6) is 0.935. The van der Waals surface area contributed by atoms with Gasteiger partial charge in [0.1, 0.15) is 18.8 Å². The maximum atomic E-state index is 5.58. The SMILES string of the molecule is COc1ccccc1N1CCN(C(=S)NCC[NH+]2CCOCC2)CC1. The van der Waals surface area contributed by atoms with Crippen molar-refractivity contribution >= 4 is 23.0 Å². The topological polar surface area (TPSA) is 41.4 Å². The zero-order valence-electron chi connectivity index (χ0n) is 15.0. The second kappa shape index (κ2) is 9.22. The molecule has 25 heavy (non-hydrogen) atoms. The van der Waals surface area contributed by atoms with Crippen LogP contribution in [0.1, 0.15) is 0 Å². The van der Waals surface area contributed by atoms with Crippen molar-refractivity contribution in [3.8, 4) is 5.75 Å². The van der Waals surface area contributed by atoms with Gasteiger partial charge < -0.3 is 29.5 Å². The molecule has 0 unspecified atom stereocenters.